The number of carbonyl (C=O) groups excluding carboxylic acids is 1. The van der Waals surface area contributed by atoms with Gasteiger partial charge >= 0.3 is 12.1 Å². The summed E-state index contributed by atoms with van der Waals surface area (Å²) < 4.78 is 44.6. The number of amides is 1. The lowest BCUT2D eigenvalue weighted by atomic mass is 9.80. The van der Waals surface area contributed by atoms with Crippen molar-refractivity contribution < 1.29 is 37.3 Å². The molecule has 9 nitrogen and oxygen atoms in total. The standard InChI is InChI=1S/C17H28N4O3.C2HF3O2/c1-19-7-5-18-15(19)16(22)21-6-3-4-17(13-21)12-20(8-10-23-2)9-11-24-14-17;3-2(4,5)1(6)7/h5,7H,3-4,6,8-14H2,1-2H3;(H,6,7). The van der Waals surface area contributed by atoms with Crippen LogP contribution in [0.15, 0.2) is 12.4 Å². The number of likely N-dealkylation sites (tertiary alicyclic amines) is 1. The monoisotopic (exact) mass is 450 g/mol. The zero-order valence-corrected chi connectivity index (χ0v) is 17.7. The molecule has 31 heavy (non-hydrogen) atoms. The Morgan fingerprint density at radius 3 is 2.61 bits per heavy atom. The fourth-order valence-corrected chi connectivity index (χ4v) is 3.83. The molecule has 2 fully saturated rings. The normalized spacial score (nSPS) is 22.5. The van der Waals surface area contributed by atoms with Gasteiger partial charge in [-0.2, -0.15) is 13.2 Å². The highest BCUT2D eigenvalue weighted by atomic mass is 19.4. The molecule has 3 heterocycles. The average molecular weight is 450 g/mol. The third-order valence-corrected chi connectivity index (χ3v) is 5.33. The van der Waals surface area contributed by atoms with Crippen molar-refractivity contribution in [1.29, 1.82) is 0 Å². The highest BCUT2D eigenvalue weighted by Gasteiger charge is 2.41. The smallest absolute Gasteiger partial charge is 0.475 e. The lowest BCUT2D eigenvalue weighted by Gasteiger charge is -2.43. The number of hydrogen-bond acceptors (Lipinski definition) is 6. The second kappa shape index (κ2) is 10.9. The van der Waals surface area contributed by atoms with Crippen molar-refractivity contribution in [2.24, 2.45) is 12.5 Å². The van der Waals surface area contributed by atoms with Crippen LogP contribution in [0.3, 0.4) is 0 Å². The first-order valence-corrected chi connectivity index (χ1v) is 9.94. The van der Waals surface area contributed by atoms with E-state index >= 15 is 0 Å². The molecular formula is C19H29F3N4O5. The number of imidazole rings is 1. The molecule has 0 saturated carbocycles. The van der Waals surface area contributed by atoms with Gasteiger partial charge in [0, 0.05) is 64.7 Å². The van der Waals surface area contributed by atoms with Crippen molar-refractivity contribution in [2.75, 3.05) is 59.7 Å². The summed E-state index contributed by atoms with van der Waals surface area (Å²) in [6, 6.07) is 0. The number of aromatic nitrogens is 2. The van der Waals surface area contributed by atoms with Gasteiger partial charge in [-0.1, -0.05) is 0 Å². The van der Waals surface area contributed by atoms with Crippen LogP contribution in [0.25, 0.3) is 0 Å². The predicted octanol–water partition coefficient (Wildman–Crippen LogP) is 1.25. The molecule has 1 amide bonds. The van der Waals surface area contributed by atoms with Crippen LogP contribution in [0.5, 0.6) is 0 Å². The Morgan fingerprint density at radius 1 is 1.32 bits per heavy atom. The fraction of sp³-hybridized carbons (Fsp3) is 0.737. The molecule has 0 aliphatic carbocycles. The summed E-state index contributed by atoms with van der Waals surface area (Å²) >= 11 is 0. The second-order valence-corrected chi connectivity index (χ2v) is 7.82. The number of piperidine rings is 1. The Morgan fingerprint density at radius 2 is 2.03 bits per heavy atom. The number of halogens is 3. The van der Waals surface area contributed by atoms with Crippen molar-refractivity contribution in [3.63, 3.8) is 0 Å². The molecule has 12 heteroatoms. The first kappa shape index (κ1) is 25.1. The molecule has 1 spiro atoms. The van der Waals surface area contributed by atoms with Gasteiger partial charge in [-0.3, -0.25) is 9.69 Å². The van der Waals surface area contributed by atoms with E-state index in [2.05, 4.69) is 9.88 Å². The van der Waals surface area contributed by atoms with Crippen LogP contribution in [0.4, 0.5) is 13.2 Å². The number of hydrogen-bond donors (Lipinski definition) is 1. The number of aryl methyl sites for hydroxylation is 1. The molecule has 0 radical (unpaired) electrons. The average Bonchev–Trinajstić information content (AvgIpc) is 3.04. The van der Waals surface area contributed by atoms with Crippen LogP contribution >= 0.6 is 0 Å². The third kappa shape index (κ3) is 7.18. The summed E-state index contributed by atoms with van der Waals surface area (Å²) in [5.41, 5.74) is 0.0172. The maximum absolute atomic E-state index is 12.8. The van der Waals surface area contributed by atoms with Crippen molar-refractivity contribution >= 4 is 11.9 Å². The number of carboxylic acid groups (broad SMARTS) is 1. The number of carboxylic acids is 1. The minimum absolute atomic E-state index is 0.0172. The molecule has 176 valence electrons. The maximum Gasteiger partial charge on any atom is 0.490 e. The van der Waals surface area contributed by atoms with E-state index in [4.69, 9.17) is 19.4 Å². The van der Waals surface area contributed by atoms with Gasteiger partial charge in [0.25, 0.3) is 5.91 Å². The van der Waals surface area contributed by atoms with Crippen molar-refractivity contribution in [3.05, 3.63) is 18.2 Å². The predicted molar refractivity (Wildman–Crippen MR) is 104 cm³/mol. The number of alkyl halides is 3. The Hall–Kier alpha value is -2.18. The number of rotatable bonds is 4. The molecule has 1 aromatic rings. The summed E-state index contributed by atoms with van der Waals surface area (Å²) in [5.74, 6) is -2.22. The van der Waals surface area contributed by atoms with Crippen LogP contribution in [0.2, 0.25) is 0 Å². The molecule has 2 aliphatic heterocycles. The van der Waals surface area contributed by atoms with E-state index in [1.807, 2.05) is 18.1 Å². The van der Waals surface area contributed by atoms with E-state index < -0.39 is 12.1 Å². The van der Waals surface area contributed by atoms with Gasteiger partial charge in [0.15, 0.2) is 5.82 Å². The molecule has 2 saturated heterocycles. The van der Waals surface area contributed by atoms with Crippen LogP contribution < -0.4 is 0 Å². The van der Waals surface area contributed by atoms with E-state index in [0.29, 0.717) is 5.82 Å². The molecular weight excluding hydrogens is 421 g/mol. The van der Waals surface area contributed by atoms with Gasteiger partial charge < -0.3 is 24.0 Å². The largest absolute Gasteiger partial charge is 0.490 e. The molecule has 1 atom stereocenters. The maximum atomic E-state index is 12.8. The van der Waals surface area contributed by atoms with Crippen LogP contribution in [-0.2, 0) is 21.3 Å². The van der Waals surface area contributed by atoms with Gasteiger partial charge in [0.1, 0.15) is 0 Å². The van der Waals surface area contributed by atoms with Crippen LogP contribution in [-0.4, -0.2) is 102 Å². The molecule has 1 aromatic heterocycles. The lowest BCUT2D eigenvalue weighted by molar-refractivity contribution is -0.192. The first-order valence-electron chi connectivity index (χ1n) is 9.94. The highest BCUT2D eigenvalue weighted by Crippen LogP contribution is 2.33. The highest BCUT2D eigenvalue weighted by molar-refractivity contribution is 5.90. The van der Waals surface area contributed by atoms with Gasteiger partial charge in [-0.15, -0.1) is 0 Å². The zero-order chi connectivity index (χ0) is 23.1. The van der Waals surface area contributed by atoms with E-state index in [1.54, 1.807) is 17.9 Å². The number of aliphatic carboxylic acids is 1. The Kier molecular flexibility index (Phi) is 8.83. The molecule has 0 aromatic carbocycles. The fourth-order valence-electron chi connectivity index (χ4n) is 3.83. The molecule has 1 N–H and O–H groups in total. The van der Waals surface area contributed by atoms with Crippen LogP contribution in [0.1, 0.15) is 23.5 Å². The van der Waals surface area contributed by atoms with E-state index in [1.165, 1.54) is 0 Å². The Balaban J connectivity index is 0.000000423. The summed E-state index contributed by atoms with van der Waals surface area (Å²) in [7, 11) is 3.60. The molecule has 3 rings (SSSR count). The van der Waals surface area contributed by atoms with Crippen molar-refractivity contribution in [3.8, 4) is 0 Å². The van der Waals surface area contributed by atoms with Crippen molar-refractivity contribution in [2.45, 2.75) is 19.0 Å². The van der Waals surface area contributed by atoms with Gasteiger partial charge in [0.2, 0.25) is 0 Å². The Bertz CT molecular complexity index is 742. The summed E-state index contributed by atoms with van der Waals surface area (Å²) in [5, 5.41) is 7.12. The minimum atomic E-state index is -5.08. The third-order valence-electron chi connectivity index (χ3n) is 5.33. The van der Waals surface area contributed by atoms with E-state index in [9.17, 15) is 18.0 Å². The molecule has 0 bridgehead atoms. The number of ether oxygens (including phenoxy) is 2. The number of methoxy groups -OCH3 is 1. The van der Waals surface area contributed by atoms with E-state index in [0.717, 1.165) is 65.4 Å². The quantitative estimate of drug-likeness (QED) is 0.738. The van der Waals surface area contributed by atoms with E-state index in [-0.39, 0.29) is 11.3 Å². The number of nitrogens with zero attached hydrogens (tertiary/aromatic N) is 4. The lowest BCUT2D eigenvalue weighted by Crippen LogP contribution is -2.52. The molecule has 1 unspecified atom stereocenters. The first-order chi connectivity index (χ1) is 14.6. The second-order valence-electron chi connectivity index (χ2n) is 7.82. The SMILES string of the molecule is COCCN1CCOCC2(CCCN(C(=O)c3nccn3C)C2)C1.O=C(O)C(F)(F)F. The Labute approximate surface area is 178 Å². The summed E-state index contributed by atoms with van der Waals surface area (Å²) in [4.78, 5) is 30.3. The minimum Gasteiger partial charge on any atom is -0.475 e. The number of carbonyl (C=O) groups is 2. The molecule has 2 aliphatic rings. The van der Waals surface area contributed by atoms with Gasteiger partial charge in [-0.25, -0.2) is 9.78 Å². The van der Waals surface area contributed by atoms with Crippen LogP contribution in [0, 0.1) is 5.41 Å². The topological polar surface area (TPSA) is 97.1 Å². The van der Waals surface area contributed by atoms with Crippen molar-refractivity contribution in [1.82, 2.24) is 19.4 Å². The summed E-state index contributed by atoms with van der Waals surface area (Å²) in [6.45, 7) is 6.54. The van der Waals surface area contributed by atoms with Gasteiger partial charge in [-0.05, 0) is 12.8 Å². The zero-order valence-electron chi connectivity index (χ0n) is 17.7. The van der Waals surface area contributed by atoms with Gasteiger partial charge in [0.05, 0.1) is 19.8 Å². The summed E-state index contributed by atoms with van der Waals surface area (Å²) in [6.07, 6.45) is 0.515.